The summed E-state index contributed by atoms with van der Waals surface area (Å²) in [6.45, 7) is 11.3. The van der Waals surface area contributed by atoms with E-state index in [0.717, 1.165) is 22.6 Å². The fraction of sp³-hybridized carbons (Fsp3) is 0.391. The summed E-state index contributed by atoms with van der Waals surface area (Å²) in [7, 11) is 1.31. The largest absolute Gasteiger partial charge is 0.541 e. The maximum absolute atomic E-state index is 6.50. The smallest absolute Gasteiger partial charge is 0.250 e. The molecule has 0 N–H and O–H groups in total. The minimum atomic E-state index is -1.98. The highest BCUT2D eigenvalue weighted by molar-refractivity contribution is 6.74. The lowest BCUT2D eigenvalue weighted by Crippen LogP contribution is -2.43. The third-order valence-corrected chi connectivity index (χ3v) is 9.85. The van der Waals surface area contributed by atoms with Crippen LogP contribution in [0.15, 0.2) is 30.3 Å². The summed E-state index contributed by atoms with van der Waals surface area (Å²) < 4.78 is 28.4. The predicted molar refractivity (Wildman–Crippen MR) is 119 cm³/mol. The van der Waals surface area contributed by atoms with Crippen LogP contribution in [0.2, 0.25) is 18.1 Å². The van der Waals surface area contributed by atoms with Crippen molar-refractivity contribution in [2.45, 2.75) is 38.9 Å². The van der Waals surface area contributed by atoms with Crippen LogP contribution in [0.1, 0.15) is 31.9 Å². The molecule has 0 bridgehead atoms. The molecule has 1 aliphatic heterocycles. The number of hydrogen-bond acceptors (Lipinski definition) is 5. The Morgan fingerprint density at radius 2 is 1.52 bits per heavy atom. The molecule has 0 unspecified atom stereocenters. The Balaban J connectivity index is 1.89. The van der Waals surface area contributed by atoms with E-state index in [0.29, 0.717) is 17.2 Å². The molecule has 6 heteroatoms. The van der Waals surface area contributed by atoms with E-state index in [9.17, 15) is 0 Å². The summed E-state index contributed by atoms with van der Waals surface area (Å²) in [5.74, 6) is 3.54. The third-order valence-electron chi connectivity index (χ3n) is 5.51. The third kappa shape index (κ3) is 4.53. The van der Waals surface area contributed by atoms with Gasteiger partial charge in [-0.2, -0.15) is 0 Å². The molecule has 2 aromatic carbocycles. The topological polar surface area (TPSA) is 46.2 Å². The maximum Gasteiger partial charge on any atom is 0.250 e. The van der Waals surface area contributed by atoms with E-state index < -0.39 is 8.32 Å². The predicted octanol–water partition coefficient (Wildman–Crippen LogP) is 5.99. The molecule has 0 saturated carbocycles. The zero-order chi connectivity index (χ0) is 21.2. The average molecular weight is 415 g/mol. The van der Waals surface area contributed by atoms with Crippen LogP contribution in [-0.4, -0.2) is 29.3 Å². The molecule has 156 valence electrons. The molecule has 2 aromatic rings. The highest BCUT2D eigenvalue weighted by atomic mass is 28.4. The molecule has 3 rings (SSSR count). The van der Waals surface area contributed by atoms with Gasteiger partial charge in [0, 0.05) is 0 Å². The Labute approximate surface area is 174 Å². The molecule has 0 fully saturated rings. The van der Waals surface area contributed by atoms with Crippen molar-refractivity contribution < 1.29 is 23.4 Å². The second kappa shape index (κ2) is 8.03. The summed E-state index contributed by atoms with van der Waals surface area (Å²) in [5.41, 5.74) is 1.99. The summed E-state index contributed by atoms with van der Waals surface area (Å²) >= 11 is 0. The number of methoxy groups -OCH3 is 2. The summed E-state index contributed by atoms with van der Waals surface area (Å²) in [5, 5.41) is 0.104. The van der Waals surface area contributed by atoms with Gasteiger partial charge < -0.3 is 23.4 Å². The Bertz CT molecular complexity index is 912. The molecular formula is C23H30O5Si. The van der Waals surface area contributed by atoms with Crippen LogP contribution in [0.4, 0.5) is 0 Å². The van der Waals surface area contributed by atoms with Crippen LogP contribution in [0.5, 0.6) is 28.7 Å². The monoisotopic (exact) mass is 414 g/mol. The highest BCUT2D eigenvalue weighted by Crippen LogP contribution is 2.43. The van der Waals surface area contributed by atoms with Crippen LogP contribution >= 0.6 is 0 Å². The molecule has 0 aliphatic carbocycles. The van der Waals surface area contributed by atoms with Crippen molar-refractivity contribution in [1.82, 2.24) is 0 Å². The van der Waals surface area contributed by atoms with Gasteiger partial charge in [-0.25, -0.2) is 0 Å². The number of benzene rings is 2. The van der Waals surface area contributed by atoms with E-state index in [1.807, 2.05) is 42.5 Å². The van der Waals surface area contributed by atoms with E-state index in [-0.39, 0.29) is 11.8 Å². The molecule has 0 saturated heterocycles. The molecule has 0 radical (unpaired) electrons. The van der Waals surface area contributed by atoms with E-state index in [1.165, 1.54) is 0 Å². The maximum atomic E-state index is 6.50. The minimum Gasteiger partial charge on any atom is -0.541 e. The van der Waals surface area contributed by atoms with Gasteiger partial charge in [0.2, 0.25) is 12.5 Å². The zero-order valence-corrected chi connectivity index (χ0v) is 19.3. The first kappa shape index (κ1) is 21.1. The van der Waals surface area contributed by atoms with Gasteiger partial charge in [0.15, 0.2) is 17.2 Å². The standard InChI is InChI=1S/C23H30O5Si/c1-23(2,3)29(6,7)28-19-12-16(10-11-18(19)24-4)8-9-17-13-20(25-5)22-21(14-17)26-15-27-22/h8-14H,15H2,1-7H3. The van der Waals surface area contributed by atoms with Gasteiger partial charge in [-0.15, -0.1) is 0 Å². The molecule has 0 spiro atoms. The molecule has 5 nitrogen and oxygen atoms in total. The number of rotatable bonds is 6. The van der Waals surface area contributed by atoms with E-state index >= 15 is 0 Å². The first-order chi connectivity index (χ1) is 13.6. The Morgan fingerprint density at radius 1 is 0.862 bits per heavy atom. The van der Waals surface area contributed by atoms with Crippen molar-refractivity contribution in [1.29, 1.82) is 0 Å². The van der Waals surface area contributed by atoms with Crippen LogP contribution in [0.3, 0.4) is 0 Å². The first-order valence-corrected chi connectivity index (χ1v) is 12.6. The molecule has 1 aliphatic rings. The summed E-state index contributed by atoms with van der Waals surface area (Å²) in [6, 6.07) is 9.86. The Kier molecular flexibility index (Phi) is 5.84. The minimum absolute atomic E-state index is 0.104. The van der Waals surface area contributed by atoms with Crippen molar-refractivity contribution in [3.8, 4) is 28.7 Å². The van der Waals surface area contributed by atoms with Crippen LogP contribution < -0.4 is 23.4 Å². The van der Waals surface area contributed by atoms with Crippen LogP contribution in [0, 0.1) is 0 Å². The quantitative estimate of drug-likeness (QED) is 0.429. The number of ether oxygens (including phenoxy) is 4. The number of hydrogen-bond donors (Lipinski definition) is 0. The van der Waals surface area contributed by atoms with Crippen molar-refractivity contribution in [2.75, 3.05) is 21.0 Å². The fourth-order valence-corrected chi connectivity index (χ4v) is 3.76. The van der Waals surface area contributed by atoms with Crippen LogP contribution in [-0.2, 0) is 0 Å². The van der Waals surface area contributed by atoms with Gasteiger partial charge in [0.25, 0.3) is 8.32 Å². The van der Waals surface area contributed by atoms with Gasteiger partial charge in [-0.05, 0) is 53.5 Å². The molecule has 0 atom stereocenters. The van der Waals surface area contributed by atoms with Gasteiger partial charge >= 0.3 is 0 Å². The zero-order valence-electron chi connectivity index (χ0n) is 18.3. The number of fused-ring (bicyclic) bond motifs is 1. The second-order valence-corrected chi connectivity index (χ2v) is 13.3. The first-order valence-electron chi connectivity index (χ1n) is 9.67. The van der Waals surface area contributed by atoms with Gasteiger partial charge in [-0.3, -0.25) is 0 Å². The summed E-state index contributed by atoms with van der Waals surface area (Å²) in [6.07, 6.45) is 4.05. The average Bonchev–Trinajstić information content (AvgIpc) is 3.13. The van der Waals surface area contributed by atoms with Crippen molar-refractivity contribution >= 4 is 20.5 Å². The molecule has 0 aromatic heterocycles. The highest BCUT2D eigenvalue weighted by Gasteiger charge is 2.39. The van der Waals surface area contributed by atoms with E-state index in [2.05, 4.69) is 33.9 Å². The molecule has 0 amide bonds. The van der Waals surface area contributed by atoms with Gasteiger partial charge in [0.05, 0.1) is 14.2 Å². The van der Waals surface area contributed by atoms with Crippen molar-refractivity contribution in [2.24, 2.45) is 0 Å². The van der Waals surface area contributed by atoms with Crippen molar-refractivity contribution in [3.05, 3.63) is 41.5 Å². The molecule has 29 heavy (non-hydrogen) atoms. The van der Waals surface area contributed by atoms with Gasteiger partial charge in [0.1, 0.15) is 5.75 Å². The van der Waals surface area contributed by atoms with E-state index in [4.69, 9.17) is 23.4 Å². The lowest BCUT2D eigenvalue weighted by molar-refractivity contribution is 0.171. The SMILES string of the molecule is COc1ccc(C=Cc2cc(OC)c3c(c2)OCO3)cc1O[Si](C)(C)C(C)(C)C. The van der Waals surface area contributed by atoms with Crippen molar-refractivity contribution in [3.63, 3.8) is 0 Å². The Hall–Kier alpha value is -2.60. The molecular weight excluding hydrogens is 384 g/mol. The Morgan fingerprint density at radius 3 is 2.17 bits per heavy atom. The second-order valence-electron chi connectivity index (χ2n) is 8.56. The lowest BCUT2D eigenvalue weighted by atomic mass is 10.1. The summed E-state index contributed by atoms with van der Waals surface area (Å²) in [4.78, 5) is 0. The normalized spacial score (nSPS) is 13.6. The van der Waals surface area contributed by atoms with Gasteiger partial charge in [-0.1, -0.05) is 39.0 Å². The van der Waals surface area contributed by atoms with Crippen LogP contribution in [0.25, 0.3) is 12.2 Å². The fourth-order valence-electron chi connectivity index (χ4n) is 2.74. The van der Waals surface area contributed by atoms with E-state index in [1.54, 1.807) is 14.2 Å². The lowest BCUT2D eigenvalue weighted by Gasteiger charge is -2.36. The molecule has 1 heterocycles.